The van der Waals surface area contributed by atoms with Gasteiger partial charge in [-0.3, -0.25) is 4.79 Å². The van der Waals surface area contributed by atoms with Crippen molar-refractivity contribution >= 4 is 11.6 Å². The Bertz CT molecular complexity index is 456. The third-order valence-electron chi connectivity index (χ3n) is 4.16. The van der Waals surface area contributed by atoms with Gasteiger partial charge in [-0.2, -0.15) is 0 Å². The molecular weight excluding hydrogens is 271 g/mol. The average Bonchev–Trinajstić information content (AvgIpc) is 2.50. The molecule has 0 aromatic heterocycles. The number of hydrogen-bond donors (Lipinski definition) is 3. The second-order valence-corrected chi connectivity index (χ2v) is 5.88. The number of nitrogens with one attached hydrogen (secondary N) is 2. The lowest BCUT2D eigenvalue weighted by Gasteiger charge is -2.35. The molecule has 0 bridgehead atoms. The van der Waals surface area contributed by atoms with Gasteiger partial charge in [0.15, 0.2) is 0 Å². The molecule has 21 heavy (non-hydrogen) atoms. The Morgan fingerprint density at radius 3 is 2.48 bits per heavy atom. The molecule has 1 aliphatic carbocycles. The maximum Gasteiger partial charge on any atom is 0.238 e. The highest BCUT2D eigenvalue weighted by molar-refractivity contribution is 5.92. The normalized spacial score (nSPS) is 17.4. The van der Waals surface area contributed by atoms with Crippen LogP contribution >= 0.6 is 0 Å². The van der Waals surface area contributed by atoms with E-state index >= 15 is 0 Å². The summed E-state index contributed by atoms with van der Waals surface area (Å²) in [6, 6.07) is 5.69. The number of aliphatic hydroxyl groups excluding tert-OH is 1. The van der Waals surface area contributed by atoms with E-state index in [0.717, 1.165) is 25.7 Å². The van der Waals surface area contributed by atoms with Crippen molar-refractivity contribution in [3.8, 4) is 0 Å². The van der Waals surface area contributed by atoms with Gasteiger partial charge in [0, 0.05) is 24.3 Å². The molecule has 4 nitrogen and oxygen atoms in total. The molecule has 0 radical (unpaired) electrons. The standard InChI is InChI=1S/C16H23FN2O2/c17-13-4-6-14(7-5-13)19-15(21)10-18-11-16(12-20)8-2-1-3-9-16/h4-7,18,20H,1-3,8-12H2,(H,19,21). The van der Waals surface area contributed by atoms with Gasteiger partial charge in [-0.1, -0.05) is 19.3 Å². The third kappa shape index (κ3) is 4.79. The van der Waals surface area contributed by atoms with E-state index in [0.29, 0.717) is 12.2 Å². The number of benzene rings is 1. The van der Waals surface area contributed by atoms with E-state index < -0.39 is 0 Å². The fraction of sp³-hybridized carbons (Fsp3) is 0.562. The molecule has 2 rings (SSSR count). The predicted molar refractivity (Wildman–Crippen MR) is 80.5 cm³/mol. The summed E-state index contributed by atoms with van der Waals surface area (Å²) in [6.07, 6.45) is 5.53. The van der Waals surface area contributed by atoms with Crippen LogP contribution in [-0.4, -0.2) is 30.7 Å². The van der Waals surface area contributed by atoms with Crippen LogP contribution in [0.2, 0.25) is 0 Å². The van der Waals surface area contributed by atoms with Crippen molar-refractivity contribution in [1.82, 2.24) is 5.32 Å². The quantitative estimate of drug-likeness (QED) is 0.754. The Morgan fingerprint density at radius 2 is 1.86 bits per heavy atom. The van der Waals surface area contributed by atoms with Crippen LogP contribution in [0.1, 0.15) is 32.1 Å². The Morgan fingerprint density at radius 1 is 1.19 bits per heavy atom. The van der Waals surface area contributed by atoms with Gasteiger partial charge in [0.25, 0.3) is 0 Å². The summed E-state index contributed by atoms with van der Waals surface area (Å²) in [5.74, 6) is -0.487. The first-order valence-corrected chi connectivity index (χ1v) is 7.51. The number of aliphatic hydroxyl groups is 1. The summed E-state index contributed by atoms with van der Waals surface area (Å²) in [5, 5.41) is 15.4. The predicted octanol–water partition coefficient (Wildman–Crippen LogP) is 2.30. The van der Waals surface area contributed by atoms with Crippen LogP contribution < -0.4 is 10.6 Å². The second kappa shape index (κ2) is 7.52. The fourth-order valence-electron chi connectivity index (χ4n) is 2.87. The zero-order chi connectivity index (χ0) is 15.1. The van der Waals surface area contributed by atoms with E-state index in [9.17, 15) is 14.3 Å². The van der Waals surface area contributed by atoms with Crippen molar-refractivity contribution in [2.24, 2.45) is 5.41 Å². The van der Waals surface area contributed by atoms with E-state index in [4.69, 9.17) is 0 Å². The second-order valence-electron chi connectivity index (χ2n) is 5.88. The van der Waals surface area contributed by atoms with Gasteiger partial charge in [0.1, 0.15) is 5.82 Å². The van der Waals surface area contributed by atoms with Gasteiger partial charge >= 0.3 is 0 Å². The number of halogens is 1. The maximum atomic E-state index is 12.8. The molecule has 0 spiro atoms. The van der Waals surface area contributed by atoms with E-state index in [1.165, 1.54) is 30.7 Å². The van der Waals surface area contributed by atoms with Crippen molar-refractivity contribution in [2.45, 2.75) is 32.1 Å². The zero-order valence-corrected chi connectivity index (χ0v) is 12.2. The van der Waals surface area contributed by atoms with Crippen LogP contribution in [0.5, 0.6) is 0 Å². The van der Waals surface area contributed by atoms with Crippen LogP contribution in [0.3, 0.4) is 0 Å². The van der Waals surface area contributed by atoms with Gasteiger partial charge in [-0.05, 0) is 37.1 Å². The topological polar surface area (TPSA) is 61.4 Å². The number of anilines is 1. The first-order valence-electron chi connectivity index (χ1n) is 7.51. The third-order valence-corrected chi connectivity index (χ3v) is 4.16. The largest absolute Gasteiger partial charge is 0.396 e. The lowest BCUT2D eigenvalue weighted by atomic mass is 9.74. The van der Waals surface area contributed by atoms with Crippen molar-refractivity contribution in [3.05, 3.63) is 30.1 Å². The van der Waals surface area contributed by atoms with Crippen molar-refractivity contribution in [1.29, 1.82) is 0 Å². The zero-order valence-electron chi connectivity index (χ0n) is 12.2. The first-order chi connectivity index (χ1) is 10.1. The summed E-state index contributed by atoms with van der Waals surface area (Å²) < 4.78 is 12.8. The summed E-state index contributed by atoms with van der Waals surface area (Å²) in [6.45, 7) is 1.01. The van der Waals surface area contributed by atoms with Gasteiger partial charge < -0.3 is 15.7 Å². The van der Waals surface area contributed by atoms with Crippen molar-refractivity contribution in [3.63, 3.8) is 0 Å². The SMILES string of the molecule is O=C(CNCC1(CO)CCCCC1)Nc1ccc(F)cc1. The maximum absolute atomic E-state index is 12.8. The van der Waals surface area contributed by atoms with Gasteiger partial charge in [0.2, 0.25) is 5.91 Å². The number of hydrogen-bond acceptors (Lipinski definition) is 3. The van der Waals surface area contributed by atoms with Crippen LogP contribution in [0, 0.1) is 11.2 Å². The molecule has 0 aliphatic heterocycles. The highest BCUT2D eigenvalue weighted by Crippen LogP contribution is 2.35. The van der Waals surface area contributed by atoms with E-state index in [2.05, 4.69) is 10.6 Å². The van der Waals surface area contributed by atoms with Crippen LogP contribution in [-0.2, 0) is 4.79 Å². The Balaban J connectivity index is 1.74. The molecule has 1 fully saturated rings. The molecule has 0 unspecified atom stereocenters. The number of carbonyl (C=O) groups excluding carboxylic acids is 1. The molecule has 1 aromatic carbocycles. The molecule has 1 amide bonds. The van der Waals surface area contributed by atoms with Gasteiger partial charge in [-0.15, -0.1) is 0 Å². The number of carbonyl (C=O) groups is 1. The van der Waals surface area contributed by atoms with Crippen LogP contribution in [0.4, 0.5) is 10.1 Å². The van der Waals surface area contributed by atoms with E-state index in [1.54, 1.807) is 0 Å². The lowest BCUT2D eigenvalue weighted by molar-refractivity contribution is -0.115. The molecule has 5 heteroatoms. The van der Waals surface area contributed by atoms with Crippen LogP contribution in [0.15, 0.2) is 24.3 Å². The lowest BCUT2D eigenvalue weighted by Crippen LogP contribution is -2.41. The summed E-state index contributed by atoms with van der Waals surface area (Å²) in [4.78, 5) is 11.8. The Labute approximate surface area is 124 Å². The molecule has 116 valence electrons. The van der Waals surface area contributed by atoms with Gasteiger partial charge in [-0.25, -0.2) is 4.39 Å². The smallest absolute Gasteiger partial charge is 0.238 e. The molecular formula is C16H23FN2O2. The van der Waals surface area contributed by atoms with Crippen LogP contribution in [0.25, 0.3) is 0 Å². The van der Waals surface area contributed by atoms with Crippen molar-refractivity contribution < 1.29 is 14.3 Å². The molecule has 1 saturated carbocycles. The molecule has 0 heterocycles. The highest BCUT2D eigenvalue weighted by Gasteiger charge is 2.30. The Kier molecular flexibility index (Phi) is 5.70. The minimum atomic E-state index is -0.326. The number of rotatable bonds is 6. The van der Waals surface area contributed by atoms with E-state index in [-0.39, 0.29) is 30.3 Å². The minimum Gasteiger partial charge on any atom is -0.396 e. The average molecular weight is 294 g/mol. The van der Waals surface area contributed by atoms with Crippen molar-refractivity contribution in [2.75, 3.05) is 25.0 Å². The molecule has 3 N–H and O–H groups in total. The summed E-state index contributed by atoms with van der Waals surface area (Å²) in [5.41, 5.74) is 0.506. The molecule has 1 aliphatic rings. The molecule has 1 aromatic rings. The molecule has 0 atom stereocenters. The Hall–Kier alpha value is -1.46. The van der Waals surface area contributed by atoms with E-state index in [1.807, 2.05) is 0 Å². The highest BCUT2D eigenvalue weighted by atomic mass is 19.1. The fourth-order valence-corrected chi connectivity index (χ4v) is 2.87. The minimum absolute atomic E-state index is 0.0750. The number of amides is 1. The first kappa shape index (κ1) is 15.9. The monoisotopic (exact) mass is 294 g/mol. The van der Waals surface area contributed by atoms with Gasteiger partial charge in [0.05, 0.1) is 6.54 Å². The summed E-state index contributed by atoms with van der Waals surface area (Å²) >= 11 is 0. The molecule has 0 saturated heterocycles. The summed E-state index contributed by atoms with van der Waals surface area (Å²) in [7, 11) is 0.